The van der Waals surface area contributed by atoms with Gasteiger partial charge in [-0.15, -0.1) is 0 Å². The first-order valence-corrected chi connectivity index (χ1v) is 24.5. The second-order valence-electron chi connectivity index (χ2n) is 7.32. The fraction of sp³-hybridized carbons (Fsp3) is 0.417. The van der Waals surface area contributed by atoms with Gasteiger partial charge in [-0.3, -0.25) is 0 Å². The molecule has 0 aliphatic heterocycles. The summed E-state index contributed by atoms with van der Waals surface area (Å²) < 4.78 is 4.29. The molecular weight excluding hydrogens is 563 g/mol. The fourth-order valence-corrected chi connectivity index (χ4v) is 38.5. The van der Waals surface area contributed by atoms with Gasteiger partial charge in [-0.25, -0.2) is 0 Å². The zero-order valence-corrected chi connectivity index (χ0v) is 25.2. The molecule has 0 aliphatic rings. The van der Waals surface area contributed by atoms with Crippen molar-refractivity contribution in [2.45, 2.75) is 36.6 Å². The summed E-state index contributed by atoms with van der Waals surface area (Å²) >= 11 is 8.90. The fourth-order valence-electron chi connectivity index (χ4n) is 3.45. The van der Waals surface area contributed by atoms with E-state index >= 15 is 0 Å². The molecule has 2 aromatic rings. The third-order valence-corrected chi connectivity index (χ3v) is 32.7. The molecule has 0 aliphatic carbocycles. The average molecular weight is 598 g/mol. The first-order valence-electron chi connectivity index (χ1n) is 11.0. The van der Waals surface area contributed by atoms with Crippen LogP contribution in [0.15, 0.2) is 60.7 Å². The molecule has 0 N–H and O–H groups in total. The molecule has 0 radical (unpaired) electrons. The second kappa shape index (κ2) is 14.1. The first kappa shape index (κ1) is 27.0. The van der Waals surface area contributed by atoms with E-state index < -0.39 is 15.6 Å². The van der Waals surface area contributed by atoms with Crippen LogP contribution in [0.5, 0.6) is 0 Å². The van der Waals surface area contributed by atoms with Gasteiger partial charge >= 0.3 is 211 Å². The molecule has 0 unspecified atom stereocenters. The average Bonchev–Trinajstić information content (AvgIpc) is 2.76. The second-order valence-corrected chi connectivity index (χ2v) is 32.7. The van der Waals surface area contributed by atoms with E-state index in [-0.39, 0.29) is 0 Å². The van der Waals surface area contributed by atoms with Crippen LogP contribution in [0.1, 0.15) is 38.8 Å². The Morgan fingerprint density at radius 2 is 0.968 bits per heavy atom. The van der Waals surface area contributed by atoms with Crippen LogP contribution < -0.4 is 0 Å². The Labute approximate surface area is 209 Å². The molecule has 31 heavy (non-hydrogen) atoms. The van der Waals surface area contributed by atoms with E-state index in [2.05, 4.69) is 98.2 Å². The third kappa shape index (κ3) is 8.54. The van der Waals surface area contributed by atoms with E-state index in [1.165, 1.54) is 11.1 Å². The predicted octanol–water partition coefficient (Wildman–Crippen LogP) is 6.71. The van der Waals surface area contributed by atoms with Crippen molar-refractivity contribution in [1.29, 1.82) is 0 Å². The van der Waals surface area contributed by atoms with E-state index in [0.717, 1.165) is 43.7 Å². The van der Waals surface area contributed by atoms with Gasteiger partial charge in [-0.1, -0.05) is 0 Å². The van der Waals surface area contributed by atoms with Gasteiger partial charge in [-0.05, 0) is 0 Å². The van der Waals surface area contributed by atoms with Crippen molar-refractivity contribution < 1.29 is 0 Å². The van der Waals surface area contributed by atoms with Gasteiger partial charge in [0.2, 0.25) is 0 Å². The van der Waals surface area contributed by atoms with Crippen LogP contribution in [-0.2, 0) is 8.87 Å². The molecule has 0 heterocycles. The van der Waals surface area contributed by atoms with E-state index in [1.807, 2.05) is 17.9 Å². The summed E-state index contributed by atoms with van der Waals surface area (Å²) in [6.45, 7) is 12.6. The molecule has 0 atom stereocenters. The van der Waals surface area contributed by atoms with Crippen molar-refractivity contribution >= 4 is 66.6 Å². The number of benzene rings is 2. The Hall–Kier alpha value is -0.281. The molecule has 0 fully saturated rings. The zero-order chi connectivity index (χ0) is 22.7. The minimum atomic E-state index is -3.10. The maximum atomic E-state index is 6.00. The number of thiocarbonyl (C=S) groups is 2. The van der Waals surface area contributed by atoms with Crippen molar-refractivity contribution in [2.24, 2.45) is 0 Å². The van der Waals surface area contributed by atoms with Gasteiger partial charge in [-0.2, -0.15) is 0 Å². The van der Waals surface area contributed by atoms with Gasteiger partial charge in [0.25, 0.3) is 0 Å². The summed E-state index contributed by atoms with van der Waals surface area (Å²) in [6.07, 6.45) is 0. The van der Waals surface area contributed by atoms with E-state index in [1.54, 1.807) is 0 Å². The van der Waals surface area contributed by atoms with Crippen molar-refractivity contribution in [3.8, 4) is 0 Å². The zero-order valence-electron chi connectivity index (χ0n) is 19.0. The van der Waals surface area contributed by atoms with Crippen LogP contribution in [0, 0.1) is 0 Å². The summed E-state index contributed by atoms with van der Waals surface area (Å²) in [5, 5.41) is 0. The third-order valence-electron chi connectivity index (χ3n) is 5.22. The molecule has 7 heteroatoms. The summed E-state index contributed by atoms with van der Waals surface area (Å²) in [5.74, 6) is 0. The summed E-state index contributed by atoms with van der Waals surface area (Å²) in [5.41, 5.74) is 2.80. The molecule has 2 nitrogen and oxygen atoms in total. The van der Waals surface area contributed by atoms with Gasteiger partial charge in [0, 0.05) is 0 Å². The van der Waals surface area contributed by atoms with Crippen molar-refractivity contribution in [3.63, 3.8) is 0 Å². The van der Waals surface area contributed by atoms with Crippen LogP contribution >= 0.6 is 42.3 Å². The molecule has 2 rings (SSSR count). The molecule has 2 aromatic carbocycles. The normalized spacial score (nSPS) is 11.2. The predicted molar refractivity (Wildman–Crippen MR) is 152 cm³/mol. The minimum absolute atomic E-state index is 0.951. The first-order chi connectivity index (χ1) is 15.0. The van der Waals surface area contributed by atoms with Crippen LogP contribution in [0.3, 0.4) is 0 Å². The molecule has 0 amide bonds. The van der Waals surface area contributed by atoms with Gasteiger partial charge in [0.15, 0.2) is 0 Å². The standard InChI is InChI=1S/2C7H7.2C5H11NS2.Sn/c2*1-7-5-3-2-4-6-7;2*1-3-6(4-2)5(7)8;/h2*2-6H,1H2;2*3-4H2,1-2H3,(H,7,8);/q;;;;+2/p-2. The molecule has 0 aromatic heterocycles. The van der Waals surface area contributed by atoms with Crippen LogP contribution in [0.4, 0.5) is 0 Å². The number of hydrogen-bond donors (Lipinski definition) is 0. The summed E-state index contributed by atoms with van der Waals surface area (Å²) in [6, 6.07) is 21.8. The number of hydrogen-bond acceptors (Lipinski definition) is 4. The van der Waals surface area contributed by atoms with Crippen molar-refractivity contribution in [3.05, 3.63) is 71.8 Å². The molecule has 0 saturated carbocycles. The summed E-state index contributed by atoms with van der Waals surface area (Å²) in [4.78, 5) is 4.64. The van der Waals surface area contributed by atoms with Crippen molar-refractivity contribution in [2.75, 3.05) is 26.2 Å². The topological polar surface area (TPSA) is 6.48 Å². The Morgan fingerprint density at radius 1 is 0.645 bits per heavy atom. The van der Waals surface area contributed by atoms with E-state index in [9.17, 15) is 0 Å². The summed E-state index contributed by atoms with van der Waals surface area (Å²) in [7, 11) is 4.04. The van der Waals surface area contributed by atoms with Crippen LogP contribution in [0.2, 0.25) is 0 Å². The van der Waals surface area contributed by atoms with E-state index in [4.69, 9.17) is 24.4 Å². The number of nitrogens with zero attached hydrogens (tertiary/aromatic N) is 2. The molecule has 0 saturated heterocycles. The molecular formula is C24H34N2S4Sn. The van der Waals surface area contributed by atoms with E-state index in [0.29, 0.717) is 0 Å². The van der Waals surface area contributed by atoms with Gasteiger partial charge < -0.3 is 0 Å². The SMILES string of the molecule is CCN(CC)C(=S)[S][Sn]([CH2]c1ccccc1)([CH2]c1ccccc1)[S]C(=S)N(CC)CC. The Morgan fingerprint density at radius 3 is 1.26 bits per heavy atom. The van der Waals surface area contributed by atoms with Crippen LogP contribution in [0.25, 0.3) is 0 Å². The van der Waals surface area contributed by atoms with Gasteiger partial charge in [0.1, 0.15) is 0 Å². The Bertz CT molecular complexity index is 739. The van der Waals surface area contributed by atoms with Crippen molar-refractivity contribution in [1.82, 2.24) is 9.80 Å². The maximum absolute atomic E-state index is 6.00. The Kier molecular flexibility index (Phi) is 12.3. The quantitative estimate of drug-likeness (QED) is 0.220. The van der Waals surface area contributed by atoms with Crippen LogP contribution in [-0.4, -0.2) is 60.2 Å². The Balaban J connectivity index is 2.48. The molecule has 0 spiro atoms. The van der Waals surface area contributed by atoms with Gasteiger partial charge in [0.05, 0.1) is 0 Å². The molecule has 0 bridgehead atoms. The molecule has 168 valence electrons. The monoisotopic (exact) mass is 598 g/mol. The number of rotatable bonds is 10.